The third-order valence-corrected chi connectivity index (χ3v) is 5.02. The highest BCUT2D eigenvalue weighted by Gasteiger charge is 2.29. The third kappa shape index (κ3) is 2.73. The summed E-state index contributed by atoms with van der Waals surface area (Å²) in [5.41, 5.74) is 8.95. The van der Waals surface area contributed by atoms with Gasteiger partial charge in [0.25, 0.3) is 11.8 Å². The Morgan fingerprint density at radius 2 is 2.19 bits per heavy atom. The summed E-state index contributed by atoms with van der Waals surface area (Å²) < 4.78 is 1.92. The van der Waals surface area contributed by atoms with Crippen LogP contribution in [0.25, 0.3) is 11.0 Å². The van der Waals surface area contributed by atoms with E-state index in [2.05, 4.69) is 15.2 Å². The average molecular weight is 352 g/mol. The quantitative estimate of drug-likeness (QED) is 0.742. The van der Waals surface area contributed by atoms with Crippen molar-refractivity contribution < 1.29 is 9.59 Å². The maximum atomic E-state index is 13.0. The lowest BCUT2D eigenvalue weighted by Gasteiger charge is -2.32. The molecule has 1 unspecified atom stereocenters. The van der Waals surface area contributed by atoms with Gasteiger partial charge in [0.2, 0.25) is 0 Å². The van der Waals surface area contributed by atoms with Crippen LogP contribution in [0, 0.1) is 0 Å². The molecule has 2 aromatic heterocycles. The standard InChI is InChI=1S/C18H20N6O2/c1-23-10-20-14-7-11(4-5-15(14)23)18(26)24-6-2-3-12(9-24)16-13(17(19)25)8-21-22-16/h4-5,7-8,10,12H,2-3,6,9H2,1H3,(H2,19,25)(H,21,22). The third-order valence-electron chi connectivity index (χ3n) is 5.02. The van der Waals surface area contributed by atoms with Gasteiger partial charge in [0.05, 0.1) is 34.8 Å². The van der Waals surface area contributed by atoms with E-state index in [1.165, 1.54) is 6.20 Å². The number of H-pyrrole nitrogens is 1. The van der Waals surface area contributed by atoms with Gasteiger partial charge in [-0.15, -0.1) is 0 Å². The van der Waals surface area contributed by atoms with E-state index in [1.807, 2.05) is 34.7 Å². The number of fused-ring (bicyclic) bond motifs is 1. The molecular formula is C18H20N6O2. The van der Waals surface area contributed by atoms with Gasteiger partial charge in [-0.2, -0.15) is 5.10 Å². The van der Waals surface area contributed by atoms with Crippen molar-refractivity contribution in [3.63, 3.8) is 0 Å². The highest BCUT2D eigenvalue weighted by molar-refractivity contribution is 5.97. The predicted octanol–water partition coefficient (Wildman–Crippen LogP) is 1.42. The summed E-state index contributed by atoms with van der Waals surface area (Å²) in [6.45, 7) is 1.22. The van der Waals surface area contributed by atoms with Crippen LogP contribution in [0.2, 0.25) is 0 Å². The van der Waals surface area contributed by atoms with E-state index >= 15 is 0 Å². The zero-order chi connectivity index (χ0) is 18.3. The molecule has 4 rings (SSSR count). The average Bonchev–Trinajstić information content (AvgIpc) is 3.28. The van der Waals surface area contributed by atoms with Crippen molar-refractivity contribution in [3.05, 3.63) is 47.5 Å². The number of hydrogen-bond donors (Lipinski definition) is 2. The molecule has 8 nitrogen and oxygen atoms in total. The second kappa shape index (κ2) is 6.29. The Morgan fingerprint density at radius 3 is 3.00 bits per heavy atom. The zero-order valence-corrected chi connectivity index (χ0v) is 14.5. The van der Waals surface area contributed by atoms with Crippen LogP contribution in [0.3, 0.4) is 0 Å². The Morgan fingerprint density at radius 1 is 1.35 bits per heavy atom. The van der Waals surface area contributed by atoms with Gasteiger partial charge in [-0.1, -0.05) is 0 Å². The fourth-order valence-corrected chi connectivity index (χ4v) is 3.65. The maximum Gasteiger partial charge on any atom is 0.253 e. The summed E-state index contributed by atoms with van der Waals surface area (Å²) in [4.78, 5) is 30.7. The molecule has 134 valence electrons. The van der Waals surface area contributed by atoms with Crippen molar-refractivity contribution >= 4 is 22.8 Å². The number of nitrogens with one attached hydrogen (secondary N) is 1. The van der Waals surface area contributed by atoms with Crippen molar-refractivity contribution in [1.29, 1.82) is 0 Å². The Labute approximate surface area is 150 Å². The molecule has 0 bridgehead atoms. The summed E-state index contributed by atoms with van der Waals surface area (Å²) in [7, 11) is 1.92. The largest absolute Gasteiger partial charge is 0.365 e. The highest BCUT2D eigenvalue weighted by Crippen LogP contribution is 2.28. The van der Waals surface area contributed by atoms with Crippen molar-refractivity contribution in [2.24, 2.45) is 12.8 Å². The van der Waals surface area contributed by atoms with Gasteiger partial charge in [-0.25, -0.2) is 4.98 Å². The molecule has 1 aliphatic rings. The molecule has 1 atom stereocenters. The first-order chi connectivity index (χ1) is 12.5. The molecule has 0 spiro atoms. The van der Waals surface area contributed by atoms with E-state index in [1.54, 1.807) is 6.33 Å². The number of likely N-dealkylation sites (tertiary alicyclic amines) is 1. The van der Waals surface area contributed by atoms with Gasteiger partial charge in [0.1, 0.15) is 0 Å². The summed E-state index contributed by atoms with van der Waals surface area (Å²) in [5.74, 6) is -0.503. The number of carbonyl (C=O) groups is 2. The smallest absolute Gasteiger partial charge is 0.253 e. The van der Waals surface area contributed by atoms with Gasteiger partial charge < -0.3 is 15.2 Å². The summed E-state index contributed by atoms with van der Waals surface area (Å²) in [6, 6.07) is 5.57. The molecule has 1 saturated heterocycles. The number of aromatic amines is 1. The van der Waals surface area contributed by atoms with Crippen molar-refractivity contribution in [3.8, 4) is 0 Å². The molecule has 0 radical (unpaired) electrons. The fraction of sp³-hybridized carbons (Fsp3) is 0.333. The topological polar surface area (TPSA) is 110 Å². The normalized spacial score (nSPS) is 17.6. The van der Waals surface area contributed by atoms with E-state index in [-0.39, 0.29) is 11.8 Å². The Kier molecular flexibility index (Phi) is 3.95. The molecule has 1 aromatic carbocycles. The molecular weight excluding hydrogens is 332 g/mol. The lowest BCUT2D eigenvalue weighted by molar-refractivity contribution is 0.0706. The van der Waals surface area contributed by atoms with Crippen LogP contribution in [-0.2, 0) is 7.05 Å². The van der Waals surface area contributed by atoms with Gasteiger partial charge in [-0.3, -0.25) is 14.7 Å². The number of rotatable bonds is 3. The minimum Gasteiger partial charge on any atom is -0.365 e. The maximum absolute atomic E-state index is 13.0. The molecule has 0 saturated carbocycles. The number of aryl methyl sites for hydroxylation is 1. The van der Waals surface area contributed by atoms with Gasteiger partial charge in [0, 0.05) is 31.6 Å². The fourth-order valence-electron chi connectivity index (χ4n) is 3.65. The highest BCUT2D eigenvalue weighted by atomic mass is 16.2. The number of benzene rings is 1. The van der Waals surface area contributed by atoms with Crippen molar-refractivity contribution in [2.45, 2.75) is 18.8 Å². The van der Waals surface area contributed by atoms with Crippen molar-refractivity contribution in [2.75, 3.05) is 13.1 Å². The molecule has 2 amide bonds. The molecule has 3 heterocycles. The van der Waals surface area contributed by atoms with Crippen LogP contribution >= 0.6 is 0 Å². The SMILES string of the molecule is Cn1cnc2cc(C(=O)N3CCCC(c4[nH]ncc4C(N)=O)C3)ccc21. The molecule has 3 aromatic rings. The van der Waals surface area contributed by atoms with Crippen LogP contribution in [0.15, 0.2) is 30.7 Å². The van der Waals surface area contributed by atoms with E-state index in [0.29, 0.717) is 24.2 Å². The number of carbonyl (C=O) groups excluding carboxylic acids is 2. The molecule has 26 heavy (non-hydrogen) atoms. The number of imidazole rings is 1. The molecule has 1 aliphatic heterocycles. The minimum atomic E-state index is -0.502. The predicted molar refractivity (Wildman–Crippen MR) is 95.7 cm³/mol. The number of piperidine rings is 1. The van der Waals surface area contributed by atoms with E-state index < -0.39 is 5.91 Å². The van der Waals surface area contributed by atoms with Crippen LogP contribution in [0.1, 0.15) is 45.2 Å². The first-order valence-electron chi connectivity index (χ1n) is 8.58. The van der Waals surface area contributed by atoms with E-state index in [0.717, 1.165) is 29.6 Å². The number of aromatic nitrogens is 4. The summed E-state index contributed by atoms with van der Waals surface area (Å²) in [6.07, 6.45) is 4.93. The minimum absolute atomic E-state index is 0.0243. The van der Waals surface area contributed by atoms with Crippen molar-refractivity contribution in [1.82, 2.24) is 24.6 Å². The molecule has 0 aliphatic carbocycles. The number of amides is 2. The molecule has 1 fully saturated rings. The number of nitrogens with two attached hydrogens (primary N) is 1. The van der Waals surface area contributed by atoms with Crippen LogP contribution in [0.5, 0.6) is 0 Å². The van der Waals surface area contributed by atoms with E-state index in [9.17, 15) is 9.59 Å². The summed E-state index contributed by atoms with van der Waals surface area (Å²) >= 11 is 0. The lowest BCUT2D eigenvalue weighted by Crippen LogP contribution is -2.39. The second-order valence-electron chi connectivity index (χ2n) is 6.71. The first kappa shape index (κ1) is 16.3. The monoisotopic (exact) mass is 352 g/mol. The van der Waals surface area contributed by atoms with Gasteiger partial charge in [0.15, 0.2) is 0 Å². The van der Waals surface area contributed by atoms with Gasteiger partial charge in [-0.05, 0) is 31.0 Å². The number of hydrogen-bond acceptors (Lipinski definition) is 4. The summed E-state index contributed by atoms with van der Waals surface area (Å²) in [5, 5.41) is 6.82. The first-order valence-corrected chi connectivity index (χ1v) is 8.58. The molecule has 8 heteroatoms. The Hall–Kier alpha value is -3.16. The van der Waals surface area contributed by atoms with Crippen LogP contribution in [-0.4, -0.2) is 49.6 Å². The zero-order valence-electron chi connectivity index (χ0n) is 14.5. The number of primary amides is 1. The van der Waals surface area contributed by atoms with E-state index in [4.69, 9.17) is 5.73 Å². The lowest BCUT2D eigenvalue weighted by atomic mass is 9.92. The van der Waals surface area contributed by atoms with Crippen LogP contribution in [0.4, 0.5) is 0 Å². The Balaban J connectivity index is 1.57. The number of nitrogens with zero attached hydrogens (tertiary/aromatic N) is 4. The van der Waals surface area contributed by atoms with Crippen LogP contribution < -0.4 is 5.73 Å². The molecule has 3 N–H and O–H groups in total. The second-order valence-corrected chi connectivity index (χ2v) is 6.71. The van der Waals surface area contributed by atoms with Gasteiger partial charge >= 0.3 is 0 Å². The Bertz CT molecular complexity index is 989.